The van der Waals surface area contributed by atoms with E-state index < -0.39 is 0 Å². The lowest BCUT2D eigenvalue weighted by molar-refractivity contribution is -0.138. The average Bonchev–Trinajstić information content (AvgIpc) is 2.89. The van der Waals surface area contributed by atoms with E-state index in [1.165, 1.54) is 5.56 Å². The van der Waals surface area contributed by atoms with Crippen LogP contribution in [0.15, 0.2) is 60.7 Å². The number of rotatable bonds is 8. The van der Waals surface area contributed by atoms with E-state index in [-0.39, 0.29) is 17.7 Å². The second kappa shape index (κ2) is 10.6. The van der Waals surface area contributed by atoms with Crippen LogP contribution in [0, 0.1) is 5.92 Å². The van der Waals surface area contributed by atoms with E-state index in [9.17, 15) is 9.59 Å². The van der Waals surface area contributed by atoms with Crippen LogP contribution in [-0.2, 0) is 22.6 Å². The first-order valence-electron chi connectivity index (χ1n) is 10.4. The Kier molecular flexibility index (Phi) is 7.65. The lowest BCUT2D eigenvalue weighted by Gasteiger charge is -2.24. The Balaban J connectivity index is 1.45. The van der Waals surface area contributed by atoms with Gasteiger partial charge in [-0.15, -0.1) is 0 Å². The molecular weight excluding hydrogens is 348 g/mol. The predicted octanol–water partition coefficient (Wildman–Crippen LogP) is 3.95. The molecule has 0 saturated carbocycles. The van der Waals surface area contributed by atoms with Crippen LogP contribution in [0.25, 0.3) is 0 Å². The molecule has 2 aromatic rings. The second-order valence-corrected chi connectivity index (χ2v) is 7.58. The highest BCUT2D eigenvalue weighted by molar-refractivity contribution is 5.86. The number of carbonyl (C=O) groups is 2. The van der Waals surface area contributed by atoms with Gasteiger partial charge in [0.05, 0.1) is 0 Å². The van der Waals surface area contributed by atoms with Crippen molar-refractivity contribution in [2.24, 2.45) is 5.92 Å². The van der Waals surface area contributed by atoms with Crippen molar-refractivity contribution >= 4 is 11.8 Å². The lowest BCUT2D eigenvalue weighted by Crippen LogP contribution is -2.37. The maximum absolute atomic E-state index is 12.9. The lowest BCUT2D eigenvalue weighted by atomic mass is 9.98. The van der Waals surface area contributed by atoms with Crippen molar-refractivity contribution in [3.63, 3.8) is 0 Å². The van der Waals surface area contributed by atoms with Crippen molar-refractivity contribution in [1.29, 1.82) is 0 Å². The monoisotopic (exact) mass is 378 g/mol. The van der Waals surface area contributed by atoms with Gasteiger partial charge in [-0.1, -0.05) is 67.1 Å². The van der Waals surface area contributed by atoms with Crippen LogP contribution in [0.2, 0.25) is 0 Å². The zero-order valence-corrected chi connectivity index (χ0v) is 16.5. The molecular formula is C24H30N2O2. The number of aryl methyl sites for hydroxylation is 1. The minimum Gasteiger partial charge on any atom is -0.356 e. The fourth-order valence-corrected chi connectivity index (χ4v) is 3.80. The van der Waals surface area contributed by atoms with E-state index in [4.69, 9.17) is 0 Å². The van der Waals surface area contributed by atoms with Crippen molar-refractivity contribution in [3.8, 4) is 0 Å². The molecule has 4 heteroatoms. The van der Waals surface area contributed by atoms with Crippen LogP contribution < -0.4 is 5.32 Å². The van der Waals surface area contributed by atoms with Gasteiger partial charge in [-0.3, -0.25) is 9.59 Å². The zero-order valence-electron chi connectivity index (χ0n) is 16.5. The molecule has 148 valence electrons. The molecule has 3 rings (SSSR count). The molecule has 0 aromatic heterocycles. The highest BCUT2D eigenvalue weighted by Gasteiger charge is 2.28. The van der Waals surface area contributed by atoms with E-state index in [2.05, 4.69) is 17.4 Å². The van der Waals surface area contributed by atoms with Crippen LogP contribution >= 0.6 is 0 Å². The van der Waals surface area contributed by atoms with Crippen LogP contribution in [-0.4, -0.2) is 29.8 Å². The largest absolute Gasteiger partial charge is 0.356 e. The van der Waals surface area contributed by atoms with Gasteiger partial charge in [0.1, 0.15) is 0 Å². The first-order chi connectivity index (χ1) is 13.7. The van der Waals surface area contributed by atoms with E-state index in [0.29, 0.717) is 19.5 Å². The maximum atomic E-state index is 12.9. The molecule has 1 aliphatic rings. The van der Waals surface area contributed by atoms with Gasteiger partial charge in [-0.05, 0) is 36.8 Å². The molecule has 0 radical (unpaired) electrons. The maximum Gasteiger partial charge on any atom is 0.226 e. The van der Waals surface area contributed by atoms with E-state index in [1.54, 1.807) is 0 Å². The Labute approximate surface area is 167 Å². The minimum absolute atomic E-state index is 0.00651. The van der Waals surface area contributed by atoms with E-state index >= 15 is 0 Å². The van der Waals surface area contributed by atoms with Crippen LogP contribution in [0.1, 0.15) is 43.2 Å². The molecule has 4 nitrogen and oxygen atoms in total. The molecule has 1 saturated heterocycles. The summed E-state index contributed by atoms with van der Waals surface area (Å²) in [6.07, 6.45) is 4.98. The minimum atomic E-state index is -0.194. The number of nitrogens with zero attached hydrogens (tertiary/aromatic N) is 1. The summed E-state index contributed by atoms with van der Waals surface area (Å²) in [5.74, 6) is -0.0749. The van der Waals surface area contributed by atoms with E-state index in [1.807, 2.05) is 53.4 Å². The summed E-state index contributed by atoms with van der Waals surface area (Å²) in [6.45, 7) is 2.07. The Morgan fingerprint density at radius 2 is 1.64 bits per heavy atom. The van der Waals surface area contributed by atoms with Crippen molar-refractivity contribution in [1.82, 2.24) is 10.2 Å². The Hall–Kier alpha value is -2.62. The molecule has 1 aliphatic heterocycles. The van der Waals surface area contributed by atoms with Gasteiger partial charge in [-0.2, -0.15) is 0 Å². The highest BCUT2D eigenvalue weighted by Crippen LogP contribution is 2.22. The average molecular weight is 379 g/mol. The van der Waals surface area contributed by atoms with Gasteiger partial charge >= 0.3 is 0 Å². The van der Waals surface area contributed by atoms with Gasteiger partial charge in [0.2, 0.25) is 11.8 Å². The molecule has 1 unspecified atom stereocenters. The summed E-state index contributed by atoms with van der Waals surface area (Å²) in [7, 11) is 0. The fraction of sp³-hybridized carbons (Fsp3) is 0.417. The third-order valence-electron chi connectivity index (χ3n) is 5.35. The Bertz CT molecular complexity index is 746. The molecule has 1 fully saturated rings. The van der Waals surface area contributed by atoms with Crippen molar-refractivity contribution < 1.29 is 9.59 Å². The molecule has 28 heavy (non-hydrogen) atoms. The summed E-state index contributed by atoms with van der Waals surface area (Å²) in [6, 6.07) is 20.4. The quantitative estimate of drug-likeness (QED) is 0.707. The normalized spacial score (nSPS) is 17.2. The third-order valence-corrected chi connectivity index (χ3v) is 5.35. The predicted molar refractivity (Wildman–Crippen MR) is 112 cm³/mol. The van der Waals surface area contributed by atoms with Gasteiger partial charge in [0.15, 0.2) is 0 Å². The first kappa shape index (κ1) is 20.1. The number of carbonyl (C=O) groups excluding carboxylic acids is 2. The van der Waals surface area contributed by atoms with Gasteiger partial charge in [0, 0.05) is 32.0 Å². The molecule has 2 aromatic carbocycles. The number of hydrogen-bond donors (Lipinski definition) is 1. The molecule has 1 heterocycles. The number of likely N-dealkylation sites (tertiary alicyclic amines) is 1. The van der Waals surface area contributed by atoms with Crippen molar-refractivity contribution in [2.75, 3.05) is 13.1 Å². The molecule has 0 bridgehead atoms. The standard InChI is InChI=1S/C24H30N2O2/c27-23(25-16-9-14-20-10-3-1-4-11-20)18-22-15-7-8-17-26(24(22)28)19-21-12-5-2-6-13-21/h1-6,10-13,22H,7-9,14-19H2,(H,25,27). The molecule has 1 N–H and O–H groups in total. The van der Waals surface area contributed by atoms with Crippen LogP contribution in [0.4, 0.5) is 0 Å². The first-order valence-corrected chi connectivity index (χ1v) is 10.4. The summed E-state index contributed by atoms with van der Waals surface area (Å²) in [5.41, 5.74) is 2.43. The van der Waals surface area contributed by atoms with Crippen molar-refractivity contribution in [2.45, 2.75) is 45.1 Å². The molecule has 0 spiro atoms. The third kappa shape index (κ3) is 6.22. The van der Waals surface area contributed by atoms with Gasteiger partial charge in [0.25, 0.3) is 0 Å². The van der Waals surface area contributed by atoms with E-state index in [0.717, 1.165) is 44.2 Å². The molecule has 0 aliphatic carbocycles. The summed E-state index contributed by atoms with van der Waals surface area (Å²) in [4.78, 5) is 27.2. The summed E-state index contributed by atoms with van der Waals surface area (Å²) in [5, 5.41) is 3.00. The van der Waals surface area contributed by atoms with Gasteiger partial charge < -0.3 is 10.2 Å². The molecule has 2 amide bonds. The summed E-state index contributed by atoms with van der Waals surface area (Å²) < 4.78 is 0. The number of hydrogen-bond acceptors (Lipinski definition) is 2. The SMILES string of the molecule is O=C(CC1CCCCN(Cc2ccccc2)C1=O)NCCCc1ccccc1. The summed E-state index contributed by atoms with van der Waals surface area (Å²) >= 11 is 0. The smallest absolute Gasteiger partial charge is 0.226 e. The van der Waals surface area contributed by atoms with Crippen LogP contribution in [0.5, 0.6) is 0 Å². The second-order valence-electron chi connectivity index (χ2n) is 7.58. The number of nitrogens with one attached hydrogen (secondary N) is 1. The fourth-order valence-electron chi connectivity index (χ4n) is 3.80. The van der Waals surface area contributed by atoms with Crippen LogP contribution in [0.3, 0.4) is 0 Å². The Morgan fingerprint density at radius 1 is 0.964 bits per heavy atom. The number of amides is 2. The van der Waals surface area contributed by atoms with Gasteiger partial charge in [-0.25, -0.2) is 0 Å². The van der Waals surface area contributed by atoms with Crippen molar-refractivity contribution in [3.05, 3.63) is 71.8 Å². The number of benzene rings is 2. The highest BCUT2D eigenvalue weighted by atomic mass is 16.2. The molecule has 1 atom stereocenters. The zero-order chi connectivity index (χ0) is 19.6. The Morgan fingerprint density at radius 3 is 2.36 bits per heavy atom. The topological polar surface area (TPSA) is 49.4 Å².